The number of furan rings is 1. The standard InChI is InChI=1S/C17H26N2O3/c1-17(2,3)22-16(20)19-13-6-7-15(19)12(9-13)10-18-11-14-5-4-8-21-14/h4-5,8,12-13,15,18H,6-7,9-11H2,1-3H3. The first kappa shape index (κ1) is 15.4. The quantitative estimate of drug-likeness (QED) is 0.928. The number of nitrogens with zero attached hydrogens (tertiary/aromatic N) is 1. The molecule has 5 nitrogen and oxygen atoms in total. The minimum absolute atomic E-state index is 0.145. The minimum atomic E-state index is -0.424. The van der Waals surface area contributed by atoms with Crippen molar-refractivity contribution in [3.63, 3.8) is 0 Å². The molecule has 2 fully saturated rings. The minimum Gasteiger partial charge on any atom is -0.468 e. The second-order valence-electron chi connectivity index (χ2n) is 7.39. The Morgan fingerprint density at radius 1 is 1.45 bits per heavy atom. The van der Waals surface area contributed by atoms with Gasteiger partial charge < -0.3 is 19.4 Å². The Kier molecular flexibility index (Phi) is 4.17. The topological polar surface area (TPSA) is 54.7 Å². The van der Waals surface area contributed by atoms with E-state index in [9.17, 15) is 4.79 Å². The molecule has 0 saturated carbocycles. The zero-order valence-corrected chi connectivity index (χ0v) is 13.7. The third-order valence-corrected chi connectivity index (χ3v) is 4.56. The van der Waals surface area contributed by atoms with Gasteiger partial charge in [-0.05, 0) is 58.1 Å². The van der Waals surface area contributed by atoms with Crippen LogP contribution in [0, 0.1) is 5.92 Å². The van der Waals surface area contributed by atoms with Crippen molar-refractivity contribution in [3.8, 4) is 0 Å². The lowest BCUT2D eigenvalue weighted by Gasteiger charge is -2.28. The van der Waals surface area contributed by atoms with Gasteiger partial charge in [-0.3, -0.25) is 0 Å². The molecular weight excluding hydrogens is 280 g/mol. The van der Waals surface area contributed by atoms with E-state index in [-0.39, 0.29) is 6.09 Å². The molecule has 2 bridgehead atoms. The summed E-state index contributed by atoms with van der Waals surface area (Å²) in [5.41, 5.74) is -0.424. The van der Waals surface area contributed by atoms with E-state index in [1.807, 2.05) is 37.8 Å². The molecular formula is C17H26N2O3. The van der Waals surface area contributed by atoms with Crippen molar-refractivity contribution in [1.82, 2.24) is 10.2 Å². The van der Waals surface area contributed by atoms with E-state index in [0.29, 0.717) is 18.0 Å². The van der Waals surface area contributed by atoms with Crippen LogP contribution in [0.2, 0.25) is 0 Å². The summed E-state index contributed by atoms with van der Waals surface area (Å²) < 4.78 is 10.9. The lowest BCUT2D eigenvalue weighted by atomic mass is 9.89. The average Bonchev–Trinajstić information content (AvgIpc) is 3.11. The van der Waals surface area contributed by atoms with Crippen molar-refractivity contribution < 1.29 is 13.9 Å². The van der Waals surface area contributed by atoms with Crippen molar-refractivity contribution in [1.29, 1.82) is 0 Å². The summed E-state index contributed by atoms with van der Waals surface area (Å²) in [6.45, 7) is 7.43. The number of hydrogen-bond acceptors (Lipinski definition) is 4. The monoisotopic (exact) mass is 306 g/mol. The maximum atomic E-state index is 12.4. The van der Waals surface area contributed by atoms with E-state index in [2.05, 4.69) is 5.32 Å². The molecule has 0 radical (unpaired) electrons. The summed E-state index contributed by atoms with van der Waals surface area (Å²) in [5, 5.41) is 3.45. The van der Waals surface area contributed by atoms with Crippen LogP contribution < -0.4 is 5.32 Å². The Morgan fingerprint density at radius 2 is 2.27 bits per heavy atom. The highest BCUT2D eigenvalue weighted by atomic mass is 16.6. The van der Waals surface area contributed by atoms with E-state index in [4.69, 9.17) is 9.15 Å². The highest BCUT2D eigenvalue weighted by molar-refractivity contribution is 5.70. The van der Waals surface area contributed by atoms with Crippen LogP contribution in [-0.2, 0) is 11.3 Å². The van der Waals surface area contributed by atoms with Gasteiger partial charge >= 0.3 is 6.09 Å². The number of fused-ring (bicyclic) bond motifs is 2. The molecule has 1 N–H and O–H groups in total. The largest absolute Gasteiger partial charge is 0.468 e. The van der Waals surface area contributed by atoms with Gasteiger partial charge in [0.2, 0.25) is 0 Å². The Labute approximate surface area is 132 Å². The summed E-state index contributed by atoms with van der Waals surface area (Å²) in [6, 6.07) is 4.55. The van der Waals surface area contributed by atoms with Gasteiger partial charge in [-0.2, -0.15) is 0 Å². The smallest absolute Gasteiger partial charge is 0.410 e. The lowest BCUT2D eigenvalue weighted by molar-refractivity contribution is 0.0205. The van der Waals surface area contributed by atoms with Crippen molar-refractivity contribution in [2.24, 2.45) is 5.92 Å². The number of amides is 1. The molecule has 122 valence electrons. The van der Waals surface area contributed by atoms with Crippen LogP contribution in [0.4, 0.5) is 4.79 Å². The SMILES string of the molecule is CC(C)(C)OC(=O)N1C2CCC1C(CNCc1ccco1)C2. The second-order valence-corrected chi connectivity index (χ2v) is 7.39. The molecule has 0 aliphatic carbocycles. The van der Waals surface area contributed by atoms with Gasteiger partial charge in [0.05, 0.1) is 12.8 Å². The molecule has 0 spiro atoms. The van der Waals surface area contributed by atoms with Crippen LogP contribution >= 0.6 is 0 Å². The van der Waals surface area contributed by atoms with Gasteiger partial charge in [-0.25, -0.2) is 4.79 Å². The van der Waals surface area contributed by atoms with Crippen LogP contribution in [-0.4, -0.2) is 35.2 Å². The molecule has 2 aliphatic rings. The fourth-order valence-electron chi connectivity index (χ4n) is 3.73. The number of nitrogens with one attached hydrogen (secondary N) is 1. The lowest BCUT2D eigenvalue weighted by Crippen LogP contribution is -2.41. The van der Waals surface area contributed by atoms with Crippen molar-refractivity contribution in [2.75, 3.05) is 6.54 Å². The molecule has 1 aromatic heterocycles. The van der Waals surface area contributed by atoms with Crippen molar-refractivity contribution in [2.45, 2.75) is 64.3 Å². The summed E-state index contributed by atoms with van der Waals surface area (Å²) in [5.74, 6) is 1.47. The van der Waals surface area contributed by atoms with Gasteiger partial charge in [0.1, 0.15) is 11.4 Å². The fraction of sp³-hybridized carbons (Fsp3) is 0.706. The van der Waals surface area contributed by atoms with Crippen LogP contribution in [0.5, 0.6) is 0 Å². The average molecular weight is 306 g/mol. The predicted molar refractivity (Wildman–Crippen MR) is 83.4 cm³/mol. The van der Waals surface area contributed by atoms with Gasteiger partial charge in [0, 0.05) is 18.6 Å². The van der Waals surface area contributed by atoms with Crippen LogP contribution in [0.15, 0.2) is 22.8 Å². The number of carbonyl (C=O) groups is 1. The molecule has 2 aliphatic heterocycles. The van der Waals surface area contributed by atoms with Crippen LogP contribution in [0.1, 0.15) is 45.8 Å². The van der Waals surface area contributed by atoms with E-state index >= 15 is 0 Å². The summed E-state index contributed by atoms with van der Waals surface area (Å²) in [7, 11) is 0. The normalized spacial score (nSPS) is 27.4. The third-order valence-electron chi connectivity index (χ3n) is 4.56. The summed E-state index contributed by atoms with van der Waals surface area (Å²) >= 11 is 0. The van der Waals surface area contributed by atoms with Crippen molar-refractivity contribution in [3.05, 3.63) is 24.2 Å². The van der Waals surface area contributed by atoms with E-state index in [0.717, 1.165) is 38.1 Å². The van der Waals surface area contributed by atoms with E-state index < -0.39 is 5.60 Å². The Hall–Kier alpha value is -1.49. The highest BCUT2D eigenvalue weighted by Crippen LogP contribution is 2.42. The first-order valence-corrected chi connectivity index (χ1v) is 8.18. The van der Waals surface area contributed by atoms with E-state index in [1.54, 1.807) is 6.26 Å². The summed E-state index contributed by atoms with van der Waals surface area (Å²) in [6.07, 6.45) is 4.83. The number of hydrogen-bond donors (Lipinski definition) is 1. The number of rotatable bonds is 4. The molecule has 1 amide bonds. The fourth-order valence-corrected chi connectivity index (χ4v) is 3.73. The second kappa shape index (κ2) is 5.95. The Bertz CT molecular complexity index is 506. The Balaban J connectivity index is 1.53. The molecule has 22 heavy (non-hydrogen) atoms. The highest BCUT2D eigenvalue weighted by Gasteiger charge is 2.49. The molecule has 1 aromatic rings. The third kappa shape index (κ3) is 3.29. The maximum absolute atomic E-state index is 12.4. The zero-order chi connectivity index (χ0) is 15.7. The van der Waals surface area contributed by atoms with Crippen molar-refractivity contribution >= 4 is 6.09 Å². The van der Waals surface area contributed by atoms with Gasteiger partial charge in [0.15, 0.2) is 0 Å². The first-order valence-electron chi connectivity index (χ1n) is 8.18. The van der Waals surface area contributed by atoms with Crippen LogP contribution in [0.3, 0.4) is 0 Å². The zero-order valence-electron chi connectivity index (χ0n) is 13.7. The van der Waals surface area contributed by atoms with Gasteiger partial charge in [-0.15, -0.1) is 0 Å². The molecule has 3 atom stereocenters. The molecule has 3 rings (SSSR count). The summed E-state index contributed by atoms with van der Waals surface area (Å²) in [4.78, 5) is 14.4. The molecule has 2 saturated heterocycles. The molecule has 0 aromatic carbocycles. The van der Waals surface area contributed by atoms with E-state index in [1.165, 1.54) is 0 Å². The maximum Gasteiger partial charge on any atom is 0.410 e. The number of carbonyl (C=O) groups excluding carboxylic acids is 1. The predicted octanol–water partition coefficient (Wildman–Crippen LogP) is 3.16. The molecule has 5 heteroatoms. The molecule has 3 heterocycles. The van der Waals surface area contributed by atoms with Gasteiger partial charge in [0.25, 0.3) is 0 Å². The number of ether oxygens (including phenoxy) is 1. The molecule has 3 unspecified atom stereocenters. The van der Waals surface area contributed by atoms with Gasteiger partial charge in [-0.1, -0.05) is 0 Å². The van der Waals surface area contributed by atoms with Crippen LogP contribution in [0.25, 0.3) is 0 Å². The first-order chi connectivity index (χ1) is 10.4. The Morgan fingerprint density at radius 3 is 2.95 bits per heavy atom.